The van der Waals surface area contributed by atoms with Crippen LogP contribution in [-0.4, -0.2) is 62.5 Å². The maximum atomic E-state index is 12.4. The van der Waals surface area contributed by atoms with Gasteiger partial charge in [-0.15, -0.1) is 0 Å². The monoisotopic (exact) mass is 263 g/mol. The third kappa shape index (κ3) is 2.48. The minimum atomic E-state index is -3.35. The second-order valence-corrected chi connectivity index (χ2v) is 6.58. The lowest BCUT2D eigenvalue weighted by Gasteiger charge is -2.33. The van der Waals surface area contributed by atoms with Gasteiger partial charge in [0.05, 0.1) is 13.2 Å². The number of ether oxygens (including phenoxy) is 1. The predicted molar refractivity (Wildman–Crippen MR) is 64.6 cm³/mol. The molecule has 6 nitrogen and oxygen atoms in total. The minimum Gasteiger partial charge on any atom is -0.379 e. The quantitative estimate of drug-likeness (QED) is 0.725. The Morgan fingerprint density at radius 3 is 2.53 bits per heavy atom. The van der Waals surface area contributed by atoms with E-state index in [1.54, 1.807) is 4.31 Å². The van der Waals surface area contributed by atoms with Crippen molar-refractivity contribution in [1.29, 1.82) is 0 Å². The van der Waals surface area contributed by atoms with Gasteiger partial charge >= 0.3 is 0 Å². The van der Waals surface area contributed by atoms with Crippen molar-refractivity contribution in [2.45, 2.75) is 19.4 Å². The average molecular weight is 263 g/mol. The molecule has 2 atom stereocenters. The van der Waals surface area contributed by atoms with E-state index >= 15 is 0 Å². The zero-order valence-corrected chi connectivity index (χ0v) is 11.0. The Labute approximate surface area is 103 Å². The second-order valence-electron chi connectivity index (χ2n) is 4.70. The van der Waals surface area contributed by atoms with E-state index in [0.29, 0.717) is 45.3 Å². The van der Waals surface area contributed by atoms with Crippen LogP contribution in [0.25, 0.3) is 0 Å². The summed E-state index contributed by atoms with van der Waals surface area (Å²) in [4.78, 5) is 0. The van der Waals surface area contributed by atoms with Gasteiger partial charge in [0.15, 0.2) is 0 Å². The first-order chi connectivity index (χ1) is 8.07. The van der Waals surface area contributed by atoms with Gasteiger partial charge in [-0.2, -0.15) is 17.0 Å². The fourth-order valence-corrected chi connectivity index (χ4v) is 4.41. The van der Waals surface area contributed by atoms with Crippen LogP contribution in [0.2, 0.25) is 0 Å². The number of hydrogen-bond donors (Lipinski definition) is 1. The van der Waals surface area contributed by atoms with Crippen LogP contribution < -0.4 is 5.73 Å². The molecule has 0 amide bonds. The van der Waals surface area contributed by atoms with Crippen molar-refractivity contribution < 1.29 is 13.2 Å². The molecule has 0 radical (unpaired) electrons. The number of morpholine rings is 1. The number of rotatable bonds is 3. The predicted octanol–water partition coefficient (Wildman–Crippen LogP) is -0.767. The van der Waals surface area contributed by atoms with E-state index in [0.717, 1.165) is 6.42 Å². The van der Waals surface area contributed by atoms with Crippen LogP contribution in [0.4, 0.5) is 0 Å². The standard InChI is InChI=1S/C10H21N3O3S/c1-9-2-3-13(10(9)8-11)17(14,15)12-4-6-16-7-5-12/h9-10H,2-8,11H2,1H3. The van der Waals surface area contributed by atoms with Gasteiger partial charge in [0.2, 0.25) is 0 Å². The van der Waals surface area contributed by atoms with E-state index < -0.39 is 10.2 Å². The molecule has 0 aromatic rings. The fraction of sp³-hybridized carbons (Fsp3) is 1.00. The largest absolute Gasteiger partial charge is 0.379 e. The molecule has 7 heteroatoms. The zero-order valence-electron chi connectivity index (χ0n) is 10.2. The number of hydrogen-bond acceptors (Lipinski definition) is 4. The molecule has 0 spiro atoms. The van der Waals surface area contributed by atoms with Crippen LogP contribution in [0, 0.1) is 5.92 Å². The molecule has 0 saturated carbocycles. The first-order valence-electron chi connectivity index (χ1n) is 6.12. The number of nitrogens with zero attached hydrogens (tertiary/aromatic N) is 2. The highest BCUT2D eigenvalue weighted by Crippen LogP contribution is 2.27. The maximum Gasteiger partial charge on any atom is 0.282 e. The molecule has 2 unspecified atom stereocenters. The van der Waals surface area contributed by atoms with E-state index in [1.807, 2.05) is 0 Å². The Bertz CT molecular complexity index is 354. The van der Waals surface area contributed by atoms with Crippen LogP contribution in [-0.2, 0) is 14.9 Å². The Kier molecular flexibility index (Phi) is 4.04. The van der Waals surface area contributed by atoms with E-state index in [-0.39, 0.29) is 6.04 Å². The van der Waals surface area contributed by atoms with Gasteiger partial charge in [0.25, 0.3) is 10.2 Å². The molecule has 0 aromatic heterocycles. The lowest BCUT2D eigenvalue weighted by atomic mass is 10.0. The molecular weight excluding hydrogens is 242 g/mol. The average Bonchev–Trinajstić information content (AvgIpc) is 2.72. The van der Waals surface area contributed by atoms with Crippen LogP contribution >= 0.6 is 0 Å². The van der Waals surface area contributed by atoms with Crippen molar-refractivity contribution in [3.05, 3.63) is 0 Å². The van der Waals surface area contributed by atoms with E-state index in [2.05, 4.69) is 6.92 Å². The van der Waals surface area contributed by atoms with Gasteiger partial charge in [0, 0.05) is 32.2 Å². The molecule has 0 aliphatic carbocycles. The lowest BCUT2D eigenvalue weighted by molar-refractivity contribution is 0.0698. The molecule has 2 saturated heterocycles. The molecule has 0 bridgehead atoms. The smallest absolute Gasteiger partial charge is 0.282 e. The van der Waals surface area contributed by atoms with Gasteiger partial charge in [-0.1, -0.05) is 6.92 Å². The summed E-state index contributed by atoms with van der Waals surface area (Å²) in [5.74, 6) is 0.343. The first kappa shape index (κ1) is 13.2. The van der Waals surface area contributed by atoms with Crippen LogP contribution in [0.3, 0.4) is 0 Å². The molecule has 17 heavy (non-hydrogen) atoms. The first-order valence-corrected chi connectivity index (χ1v) is 7.52. The molecule has 2 fully saturated rings. The summed E-state index contributed by atoms with van der Waals surface area (Å²) in [6.07, 6.45) is 0.894. The highest BCUT2D eigenvalue weighted by atomic mass is 32.2. The summed E-state index contributed by atoms with van der Waals surface area (Å²) in [5, 5.41) is 0. The highest BCUT2D eigenvalue weighted by molar-refractivity contribution is 7.86. The van der Waals surface area contributed by atoms with Gasteiger partial charge in [-0.3, -0.25) is 0 Å². The van der Waals surface area contributed by atoms with Crippen molar-refractivity contribution in [3.63, 3.8) is 0 Å². The molecule has 2 aliphatic rings. The lowest BCUT2D eigenvalue weighted by Crippen LogP contribution is -2.52. The van der Waals surface area contributed by atoms with Gasteiger partial charge in [-0.05, 0) is 12.3 Å². The van der Waals surface area contributed by atoms with E-state index in [9.17, 15) is 8.42 Å². The molecule has 100 valence electrons. The molecular formula is C10H21N3O3S. The molecule has 0 aromatic carbocycles. The minimum absolute atomic E-state index is 0.0529. The normalized spacial score (nSPS) is 33.1. The maximum absolute atomic E-state index is 12.4. The SMILES string of the molecule is CC1CCN(S(=O)(=O)N2CCOCC2)C1CN. The van der Waals surface area contributed by atoms with Crippen molar-refractivity contribution >= 4 is 10.2 Å². The summed E-state index contributed by atoms with van der Waals surface area (Å²) in [6.45, 7) is 4.90. The summed E-state index contributed by atoms with van der Waals surface area (Å²) in [7, 11) is -3.35. The van der Waals surface area contributed by atoms with Gasteiger partial charge in [-0.25, -0.2) is 0 Å². The summed E-state index contributed by atoms with van der Waals surface area (Å²) in [6, 6.07) is -0.0529. The Morgan fingerprint density at radius 2 is 1.94 bits per heavy atom. The van der Waals surface area contributed by atoms with Crippen LogP contribution in [0.1, 0.15) is 13.3 Å². The van der Waals surface area contributed by atoms with Gasteiger partial charge in [0.1, 0.15) is 0 Å². The summed E-state index contributed by atoms with van der Waals surface area (Å²) < 4.78 is 33.2. The molecule has 2 N–H and O–H groups in total. The summed E-state index contributed by atoms with van der Waals surface area (Å²) in [5.41, 5.74) is 5.69. The van der Waals surface area contributed by atoms with Crippen LogP contribution in [0.15, 0.2) is 0 Å². The highest BCUT2D eigenvalue weighted by Gasteiger charge is 2.41. The Balaban J connectivity index is 2.14. The molecule has 2 rings (SSSR count). The zero-order chi connectivity index (χ0) is 12.5. The summed E-state index contributed by atoms with van der Waals surface area (Å²) >= 11 is 0. The number of nitrogens with two attached hydrogens (primary N) is 1. The third-order valence-corrected chi connectivity index (χ3v) is 5.73. The Morgan fingerprint density at radius 1 is 1.29 bits per heavy atom. The van der Waals surface area contributed by atoms with Gasteiger partial charge < -0.3 is 10.5 Å². The Hall–Kier alpha value is -0.210. The molecule has 2 aliphatic heterocycles. The van der Waals surface area contributed by atoms with Crippen molar-refractivity contribution in [2.75, 3.05) is 39.4 Å². The van der Waals surface area contributed by atoms with E-state index in [1.165, 1.54) is 4.31 Å². The van der Waals surface area contributed by atoms with E-state index in [4.69, 9.17) is 10.5 Å². The fourth-order valence-electron chi connectivity index (χ4n) is 2.53. The van der Waals surface area contributed by atoms with Crippen molar-refractivity contribution in [1.82, 2.24) is 8.61 Å². The van der Waals surface area contributed by atoms with Crippen molar-refractivity contribution in [3.8, 4) is 0 Å². The molecule has 2 heterocycles. The van der Waals surface area contributed by atoms with Crippen LogP contribution in [0.5, 0.6) is 0 Å². The van der Waals surface area contributed by atoms with Crippen molar-refractivity contribution in [2.24, 2.45) is 11.7 Å². The second kappa shape index (κ2) is 5.19. The third-order valence-electron chi connectivity index (χ3n) is 3.67. The topological polar surface area (TPSA) is 75.9 Å².